The summed E-state index contributed by atoms with van der Waals surface area (Å²) in [6.07, 6.45) is 2.70. The van der Waals surface area contributed by atoms with Gasteiger partial charge in [0.1, 0.15) is 5.54 Å². The van der Waals surface area contributed by atoms with E-state index in [1.165, 1.54) is 4.90 Å². The van der Waals surface area contributed by atoms with Crippen molar-refractivity contribution in [1.82, 2.24) is 9.80 Å². The van der Waals surface area contributed by atoms with Gasteiger partial charge in [-0.25, -0.2) is 4.79 Å². The van der Waals surface area contributed by atoms with Gasteiger partial charge in [-0.2, -0.15) is 0 Å². The molecule has 3 aliphatic rings. The molecule has 0 spiro atoms. The number of amides is 3. The van der Waals surface area contributed by atoms with Crippen molar-refractivity contribution >= 4 is 11.9 Å². The van der Waals surface area contributed by atoms with Gasteiger partial charge in [-0.1, -0.05) is 27.2 Å². The summed E-state index contributed by atoms with van der Waals surface area (Å²) in [4.78, 5) is 29.2. The second-order valence-electron chi connectivity index (χ2n) is 6.69. The van der Waals surface area contributed by atoms with Crippen molar-refractivity contribution < 1.29 is 19.1 Å². The highest BCUT2D eigenvalue weighted by atomic mass is 16.6. The second-order valence-corrected chi connectivity index (χ2v) is 6.69. The lowest BCUT2D eigenvalue weighted by molar-refractivity contribution is -0.136. The fourth-order valence-electron chi connectivity index (χ4n) is 3.75. The number of imide groups is 1. The highest BCUT2D eigenvalue weighted by molar-refractivity contribution is 6.07. The van der Waals surface area contributed by atoms with Crippen molar-refractivity contribution in [3.63, 3.8) is 0 Å². The number of hydrogen-bond donors (Lipinski definition) is 0. The van der Waals surface area contributed by atoms with Gasteiger partial charge in [0.15, 0.2) is 0 Å². The molecule has 3 amide bonds. The van der Waals surface area contributed by atoms with Crippen LogP contribution in [0.5, 0.6) is 0 Å². The third-order valence-corrected chi connectivity index (χ3v) is 5.21. The first-order chi connectivity index (χ1) is 10.5. The van der Waals surface area contributed by atoms with E-state index in [2.05, 4.69) is 13.8 Å². The number of urea groups is 1. The average Bonchev–Trinajstić information content (AvgIpc) is 3.38. The largest absolute Gasteiger partial charge is 0.371 e. The zero-order valence-corrected chi connectivity index (χ0v) is 13.7. The summed E-state index contributed by atoms with van der Waals surface area (Å²) in [5, 5.41) is 0. The van der Waals surface area contributed by atoms with Gasteiger partial charge in [-0.3, -0.25) is 9.69 Å². The van der Waals surface area contributed by atoms with Crippen LogP contribution in [0.4, 0.5) is 4.79 Å². The van der Waals surface area contributed by atoms with Gasteiger partial charge in [0.05, 0.1) is 38.5 Å². The summed E-state index contributed by atoms with van der Waals surface area (Å²) in [6, 6.07) is -0.166. The maximum Gasteiger partial charge on any atom is 0.327 e. The third-order valence-electron chi connectivity index (χ3n) is 5.21. The molecule has 0 saturated carbocycles. The molecule has 0 radical (unpaired) electrons. The Hall–Kier alpha value is -1.14. The number of nitrogens with zero attached hydrogens (tertiary/aromatic N) is 2. The van der Waals surface area contributed by atoms with Crippen LogP contribution in [0.3, 0.4) is 0 Å². The Bertz CT molecular complexity index is 461. The van der Waals surface area contributed by atoms with Gasteiger partial charge in [0.2, 0.25) is 0 Å². The van der Waals surface area contributed by atoms with Crippen molar-refractivity contribution in [2.45, 2.75) is 57.8 Å². The van der Waals surface area contributed by atoms with E-state index < -0.39 is 5.54 Å². The van der Waals surface area contributed by atoms with Crippen LogP contribution in [0.2, 0.25) is 0 Å². The minimum Gasteiger partial charge on any atom is -0.371 e. The van der Waals surface area contributed by atoms with Gasteiger partial charge in [0.25, 0.3) is 5.91 Å². The molecule has 6 heteroatoms. The van der Waals surface area contributed by atoms with Gasteiger partial charge >= 0.3 is 6.03 Å². The first kappa shape index (κ1) is 15.7. The van der Waals surface area contributed by atoms with Crippen LogP contribution in [0.25, 0.3) is 0 Å². The molecule has 4 unspecified atom stereocenters. The number of carbonyl (C=O) groups excluding carboxylic acids is 2. The summed E-state index contributed by atoms with van der Waals surface area (Å²) < 4.78 is 10.5. The van der Waals surface area contributed by atoms with Crippen molar-refractivity contribution in [2.75, 3.05) is 26.3 Å². The first-order valence-corrected chi connectivity index (χ1v) is 8.41. The summed E-state index contributed by atoms with van der Waals surface area (Å²) in [5.41, 5.74) is -0.714. The van der Waals surface area contributed by atoms with Crippen LogP contribution in [0.1, 0.15) is 40.0 Å². The molecule has 3 saturated heterocycles. The zero-order valence-electron chi connectivity index (χ0n) is 13.7. The van der Waals surface area contributed by atoms with E-state index in [4.69, 9.17) is 9.47 Å². The van der Waals surface area contributed by atoms with Crippen LogP contribution in [0, 0.1) is 5.92 Å². The molecule has 124 valence electrons. The van der Waals surface area contributed by atoms with E-state index in [0.29, 0.717) is 32.7 Å². The molecule has 3 fully saturated rings. The fourth-order valence-corrected chi connectivity index (χ4v) is 3.75. The van der Waals surface area contributed by atoms with Crippen molar-refractivity contribution in [2.24, 2.45) is 5.92 Å². The van der Waals surface area contributed by atoms with E-state index in [-0.39, 0.29) is 30.1 Å². The highest BCUT2D eigenvalue weighted by Crippen LogP contribution is 2.41. The Kier molecular flexibility index (Phi) is 4.16. The number of epoxide rings is 2. The van der Waals surface area contributed by atoms with E-state index in [1.807, 2.05) is 6.92 Å². The predicted octanol–water partition coefficient (Wildman–Crippen LogP) is 1.63. The normalized spacial score (nSPS) is 35.2. The predicted molar refractivity (Wildman–Crippen MR) is 80.4 cm³/mol. The van der Waals surface area contributed by atoms with E-state index in [0.717, 1.165) is 12.8 Å². The molecule has 3 rings (SSSR count). The Morgan fingerprint density at radius 3 is 2.27 bits per heavy atom. The molecule has 0 aromatic heterocycles. The van der Waals surface area contributed by atoms with E-state index >= 15 is 0 Å². The third kappa shape index (κ3) is 2.52. The Balaban J connectivity index is 1.89. The molecular weight excluding hydrogens is 284 g/mol. The summed E-state index contributed by atoms with van der Waals surface area (Å²) in [7, 11) is 0. The van der Waals surface area contributed by atoms with Crippen LogP contribution in [-0.4, -0.2) is 65.8 Å². The Morgan fingerprint density at radius 2 is 1.77 bits per heavy atom. The van der Waals surface area contributed by atoms with Gasteiger partial charge in [-0.05, 0) is 18.8 Å². The lowest BCUT2D eigenvalue weighted by Gasteiger charge is -2.39. The molecule has 3 aliphatic heterocycles. The van der Waals surface area contributed by atoms with E-state index in [9.17, 15) is 9.59 Å². The minimum absolute atomic E-state index is 0.0288. The van der Waals surface area contributed by atoms with Crippen LogP contribution in [0.15, 0.2) is 0 Å². The molecule has 0 aliphatic carbocycles. The van der Waals surface area contributed by atoms with Gasteiger partial charge in [0, 0.05) is 0 Å². The van der Waals surface area contributed by atoms with E-state index in [1.54, 1.807) is 4.90 Å². The zero-order chi connectivity index (χ0) is 15.9. The van der Waals surface area contributed by atoms with Crippen LogP contribution in [-0.2, 0) is 14.3 Å². The topological polar surface area (TPSA) is 65.7 Å². The SMILES string of the molecule is CCCC(C)C1(CC)C(=O)N(CC2CO2)C(=O)N1CC1CO1. The quantitative estimate of drug-likeness (QED) is 0.505. The monoisotopic (exact) mass is 310 g/mol. The molecule has 0 bridgehead atoms. The lowest BCUT2D eigenvalue weighted by Crippen LogP contribution is -2.55. The molecule has 3 heterocycles. The molecule has 0 aromatic carbocycles. The van der Waals surface area contributed by atoms with Crippen molar-refractivity contribution in [3.05, 3.63) is 0 Å². The first-order valence-electron chi connectivity index (χ1n) is 8.41. The minimum atomic E-state index is -0.714. The lowest BCUT2D eigenvalue weighted by atomic mass is 9.78. The molecule has 6 nitrogen and oxygen atoms in total. The van der Waals surface area contributed by atoms with Gasteiger partial charge in [-0.15, -0.1) is 0 Å². The Labute approximate surface area is 131 Å². The molecule has 0 N–H and O–H groups in total. The number of carbonyl (C=O) groups is 2. The Morgan fingerprint density at radius 1 is 1.18 bits per heavy atom. The maximum atomic E-state index is 13.1. The standard InChI is InChI=1S/C16H26N2O4/c1-4-6-11(3)16(5-2)14(19)17(7-12-9-21-12)15(20)18(16)8-13-10-22-13/h11-13H,4-10H2,1-3H3. The van der Waals surface area contributed by atoms with Crippen LogP contribution >= 0.6 is 0 Å². The number of ether oxygens (including phenoxy) is 2. The molecular formula is C16H26N2O4. The van der Waals surface area contributed by atoms with Crippen molar-refractivity contribution in [1.29, 1.82) is 0 Å². The highest BCUT2D eigenvalue weighted by Gasteiger charge is 2.60. The smallest absolute Gasteiger partial charge is 0.327 e. The number of hydrogen-bond acceptors (Lipinski definition) is 4. The van der Waals surface area contributed by atoms with Gasteiger partial charge < -0.3 is 14.4 Å². The summed E-state index contributed by atoms with van der Waals surface area (Å²) >= 11 is 0. The summed E-state index contributed by atoms with van der Waals surface area (Å²) in [6.45, 7) is 8.46. The molecule has 4 atom stereocenters. The van der Waals surface area contributed by atoms with Crippen molar-refractivity contribution in [3.8, 4) is 0 Å². The average molecular weight is 310 g/mol. The fraction of sp³-hybridized carbons (Fsp3) is 0.875. The molecule has 22 heavy (non-hydrogen) atoms. The van der Waals surface area contributed by atoms with Crippen LogP contribution < -0.4 is 0 Å². The maximum absolute atomic E-state index is 13.1. The molecule has 0 aromatic rings. The number of rotatable bonds is 8. The summed E-state index contributed by atoms with van der Waals surface area (Å²) in [5.74, 6) is 0.0971. The second kappa shape index (κ2) is 5.81.